The van der Waals surface area contributed by atoms with Gasteiger partial charge in [0, 0.05) is 0 Å². The number of hydrogen-bond donors (Lipinski definition) is 2. The summed E-state index contributed by atoms with van der Waals surface area (Å²) in [5, 5.41) is 12.6. The van der Waals surface area contributed by atoms with E-state index in [1.165, 1.54) is 12.1 Å². The van der Waals surface area contributed by atoms with Crippen molar-refractivity contribution in [2.45, 2.75) is 44.8 Å². The molecule has 4 heteroatoms. The molecule has 17 heavy (non-hydrogen) atoms. The van der Waals surface area contributed by atoms with Gasteiger partial charge in [-0.1, -0.05) is 18.9 Å². The fourth-order valence-corrected chi connectivity index (χ4v) is 2.25. The molecule has 1 aliphatic carbocycles. The third-order valence-electron chi connectivity index (χ3n) is 3.34. The summed E-state index contributed by atoms with van der Waals surface area (Å²) in [6, 6.07) is 2.40. The van der Waals surface area contributed by atoms with Crippen molar-refractivity contribution >= 4 is 5.69 Å². The van der Waals surface area contributed by atoms with Gasteiger partial charge < -0.3 is 10.4 Å². The maximum Gasteiger partial charge on any atom is 0.152 e. The van der Waals surface area contributed by atoms with E-state index in [0.29, 0.717) is 12.0 Å². The quantitative estimate of drug-likeness (QED) is 0.834. The Bertz CT molecular complexity index is 409. The number of halogens is 2. The van der Waals surface area contributed by atoms with Crippen LogP contribution in [0.4, 0.5) is 14.5 Å². The van der Waals surface area contributed by atoms with Crippen molar-refractivity contribution in [2.75, 3.05) is 5.32 Å². The van der Waals surface area contributed by atoms with E-state index in [4.69, 9.17) is 0 Å². The highest BCUT2D eigenvalue weighted by Crippen LogP contribution is 2.27. The van der Waals surface area contributed by atoms with Crippen LogP contribution in [0.5, 0.6) is 0 Å². The van der Waals surface area contributed by atoms with Crippen molar-refractivity contribution < 1.29 is 13.9 Å². The molecule has 2 nitrogen and oxygen atoms in total. The monoisotopic (exact) mass is 241 g/mol. The van der Waals surface area contributed by atoms with Crippen molar-refractivity contribution in [3.8, 4) is 0 Å². The van der Waals surface area contributed by atoms with Crippen LogP contribution in [0.3, 0.4) is 0 Å². The molecule has 2 N–H and O–H groups in total. The molecule has 2 atom stereocenters. The number of anilines is 1. The van der Waals surface area contributed by atoms with Gasteiger partial charge in [0.15, 0.2) is 5.82 Å². The Balaban J connectivity index is 2.20. The maximum atomic E-state index is 13.8. The molecule has 0 radical (unpaired) electrons. The van der Waals surface area contributed by atoms with Gasteiger partial charge in [-0.2, -0.15) is 0 Å². The molecule has 1 fully saturated rings. The van der Waals surface area contributed by atoms with Crippen LogP contribution in [0.2, 0.25) is 0 Å². The van der Waals surface area contributed by atoms with E-state index in [9.17, 15) is 13.9 Å². The number of aliphatic hydroxyl groups is 1. The number of nitrogens with one attached hydrogen (secondary N) is 1. The van der Waals surface area contributed by atoms with E-state index in [0.717, 1.165) is 19.3 Å². The molecular formula is C13H17F2NO. The maximum absolute atomic E-state index is 13.8. The van der Waals surface area contributed by atoms with Gasteiger partial charge in [0.05, 0.1) is 12.1 Å². The molecule has 0 unspecified atom stereocenters. The standard InChI is InChI=1S/C13H17F2NO/c1-8-6-7-9(14)13(12(8)15)16-10-4-2-3-5-11(10)17/h6-7,10-11,16-17H,2-5H2,1H3/t10-,11-/m0/s1. The average Bonchev–Trinajstić information content (AvgIpc) is 2.32. The summed E-state index contributed by atoms with van der Waals surface area (Å²) in [5.41, 5.74) is 0.287. The summed E-state index contributed by atoms with van der Waals surface area (Å²) in [6.07, 6.45) is 2.85. The molecule has 0 saturated heterocycles. The fraction of sp³-hybridized carbons (Fsp3) is 0.538. The summed E-state index contributed by atoms with van der Waals surface area (Å²) in [4.78, 5) is 0. The zero-order valence-electron chi connectivity index (χ0n) is 9.84. The van der Waals surface area contributed by atoms with Crippen molar-refractivity contribution in [1.82, 2.24) is 0 Å². The van der Waals surface area contributed by atoms with Gasteiger partial charge in [-0.25, -0.2) is 8.78 Å². The van der Waals surface area contributed by atoms with Crippen LogP contribution >= 0.6 is 0 Å². The minimum atomic E-state index is -0.606. The first-order chi connectivity index (χ1) is 8.09. The molecule has 1 aromatic carbocycles. The lowest BCUT2D eigenvalue weighted by molar-refractivity contribution is 0.116. The Labute approximate surface area is 99.7 Å². The first kappa shape index (κ1) is 12.3. The van der Waals surface area contributed by atoms with Crippen molar-refractivity contribution in [3.05, 3.63) is 29.3 Å². The normalized spacial score (nSPS) is 24.7. The Morgan fingerprint density at radius 3 is 2.65 bits per heavy atom. The van der Waals surface area contributed by atoms with Crippen molar-refractivity contribution in [2.24, 2.45) is 0 Å². The van der Waals surface area contributed by atoms with E-state index in [2.05, 4.69) is 5.32 Å². The van der Waals surface area contributed by atoms with Gasteiger partial charge in [-0.05, 0) is 31.4 Å². The Hall–Kier alpha value is -1.16. The van der Waals surface area contributed by atoms with Crippen LogP contribution in [-0.4, -0.2) is 17.3 Å². The van der Waals surface area contributed by atoms with Crippen molar-refractivity contribution in [3.63, 3.8) is 0 Å². The van der Waals surface area contributed by atoms with Gasteiger partial charge in [0.1, 0.15) is 11.5 Å². The number of rotatable bonds is 2. The van der Waals surface area contributed by atoms with Gasteiger partial charge in [0.25, 0.3) is 0 Å². The molecule has 0 amide bonds. The molecular weight excluding hydrogens is 224 g/mol. The first-order valence-electron chi connectivity index (χ1n) is 5.99. The first-order valence-corrected chi connectivity index (χ1v) is 5.99. The van der Waals surface area contributed by atoms with E-state index < -0.39 is 17.7 Å². The SMILES string of the molecule is Cc1ccc(F)c(N[C@H]2CCCC[C@@H]2O)c1F. The molecule has 1 aromatic rings. The topological polar surface area (TPSA) is 32.3 Å². The molecule has 0 aromatic heterocycles. The Morgan fingerprint density at radius 1 is 1.24 bits per heavy atom. The largest absolute Gasteiger partial charge is 0.391 e. The number of benzene rings is 1. The van der Waals surface area contributed by atoms with E-state index >= 15 is 0 Å². The molecule has 0 heterocycles. The minimum absolute atomic E-state index is 0.115. The zero-order valence-corrected chi connectivity index (χ0v) is 9.84. The molecule has 0 spiro atoms. The highest BCUT2D eigenvalue weighted by Gasteiger charge is 2.25. The van der Waals surface area contributed by atoms with Crippen molar-refractivity contribution in [1.29, 1.82) is 0 Å². The van der Waals surface area contributed by atoms with Gasteiger partial charge in [-0.3, -0.25) is 0 Å². The van der Waals surface area contributed by atoms with Crippen LogP contribution in [0.15, 0.2) is 12.1 Å². The highest BCUT2D eigenvalue weighted by atomic mass is 19.1. The number of aliphatic hydroxyl groups excluding tert-OH is 1. The third kappa shape index (κ3) is 2.57. The predicted octanol–water partition coefficient (Wildman–Crippen LogP) is 2.99. The van der Waals surface area contributed by atoms with Crippen LogP contribution in [0.25, 0.3) is 0 Å². The van der Waals surface area contributed by atoms with Gasteiger partial charge in [-0.15, -0.1) is 0 Å². The summed E-state index contributed by atoms with van der Waals surface area (Å²) in [5.74, 6) is -1.17. The second-order valence-corrected chi connectivity index (χ2v) is 4.66. The highest BCUT2D eigenvalue weighted by molar-refractivity contribution is 5.49. The summed E-state index contributed by atoms with van der Waals surface area (Å²) < 4.78 is 27.3. The fourth-order valence-electron chi connectivity index (χ4n) is 2.25. The Kier molecular flexibility index (Phi) is 3.62. The summed E-state index contributed by atoms with van der Waals surface area (Å²) in [6.45, 7) is 1.59. The van der Waals surface area contributed by atoms with E-state index in [-0.39, 0.29) is 11.7 Å². The lowest BCUT2D eigenvalue weighted by Gasteiger charge is -2.29. The second-order valence-electron chi connectivity index (χ2n) is 4.66. The van der Waals surface area contributed by atoms with E-state index in [1.54, 1.807) is 6.92 Å². The molecule has 2 rings (SSSR count). The molecule has 1 saturated carbocycles. The second kappa shape index (κ2) is 5.00. The zero-order chi connectivity index (χ0) is 12.4. The Morgan fingerprint density at radius 2 is 1.94 bits per heavy atom. The molecule has 94 valence electrons. The summed E-state index contributed by atoms with van der Waals surface area (Å²) in [7, 11) is 0. The van der Waals surface area contributed by atoms with E-state index in [1.807, 2.05) is 0 Å². The molecule has 0 aliphatic heterocycles. The lowest BCUT2D eigenvalue weighted by Crippen LogP contribution is -2.36. The third-order valence-corrected chi connectivity index (χ3v) is 3.34. The molecule has 1 aliphatic rings. The molecule has 0 bridgehead atoms. The van der Waals surface area contributed by atoms with Crippen LogP contribution < -0.4 is 5.32 Å². The van der Waals surface area contributed by atoms with Crippen LogP contribution in [-0.2, 0) is 0 Å². The average molecular weight is 241 g/mol. The van der Waals surface area contributed by atoms with Gasteiger partial charge in [0.2, 0.25) is 0 Å². The number of hydrogen-bond acceptors (Lipinski definition) is 2. The summed E-state index contributed by atoms with van der Waals surface area (Å²) >= 11 is 0. The van der Waals surface area contributed by atoms with Crippen LogP contribution in [0, 0.1) is 18.6 Å². The van der Waals surface area contributed by atoms with Crippen LogP contribution in [0.1, 0.15) is 31.2 Å². The van der Waals surface area contributed by atoms with Gasteiger partial charge >= 0.3 is 0 Å². The minimum Gasteiger partial charge on any atom is -0.391 e. The predicted molar refractivity (Wildman–Crippen MR) is 63.0 cm³/mol. The number of aryl methyl sites for hydroxylation is 1. The smallest absolute Gasteiger partial charge is 0.152 e. The lowest BCUT2D eigenvalue weighted by atomic mass is 9.92.